The molecule has 1 rings (SSSR count). The van der Waals surface area contributed by atoms with Crippen molar-refractivity contribution in [3.63, 3.8) is 0 Å². The lowest BCUT2D eigenvalue weighted by Crippen LogP contribution is -2.06. The zero-order valence-electron chi connectivity index (χ0n) is 15.7. The number of ether oxygens (including phenoxy) is 1. The molecule has 25 heavy (non-hydrogen) atoms. The van der Waals surface area contributed by atoms with Crippen molar-refractivity contribution < 1.29 is 14.6 Å². The number of carbonyl (C=O) groups excluding carboxylic acids is 1. The van der Waals surface area contributed by atoms with Crippen LogP contribution in [0.2, 0.25) is 0 Å². The number of hydrogen-bond acceptors (Lipinski definition) is 3. The molecule has 0 aliphatic heterocycles. The van der Waals surface area contributed by atoms with Gasteiger partial charge in [-0.1, -0.05) is 57.6 Å². The Morgan fingerprint density at radius 3 is 2.08 bits per heavy atom. The number of hydrogen-bond donors (Lipinski definition) is 1. The summed E-state index contributed by atoms with van der Waals surface area (Å²) in [4.78, 5) is 11.8. The minimum absolute atomic E-state index is 0.153. The fourth-order valence-electron chi connectivity index (χ4n) is 2.66. The summed E-state index contributed by atoms with van der Waals surface area (Å²) >= 11 is 0. The van der Waals surface area contributed by atoms with Gasteiger partial charge in [0.05, 0.1) is 12.2 Å². The van der Waals surface area contributed by atoms with E-state index in [9.17, 15) is 9.90 Å². The Hall–Kier alpha value is -1.77. The van der Waals surface area contributed by atoms with Crippen LogP contribution in [0.5, 0.6) is 5.75 Å². The van der Waals surface area contributed by atoms with Crippen molar-refractivity contribution in [3.8, 4) is 5.75 Å². The first-order valence-electron chi connectivity index (χ1n) is 9.85. The maximum absolute atomic E-state index is 11.8. The van der Waals surface area contributed by atoms with Crippen LogP contribution in [-0.4, -0.2) is 17.7 Å². The molecule has 3 heteroatoms. The number of unbranched alkanes of at least 4 members (excludes halogenated alkanes) is 9. The van der Waals surface area contributed by atoms with Crippen LogP contribution in [0.3, 0.4) is 0 Å². The number of phenols is 1. The minimum Gasteiger partial charge on any atom is -0.508 e. The van der Waals surface area contributed by atoms with Crippen LogP contribution in [0, 0.1) is 0 Å². The summed E-state index contributed by atoms with van der Waals surface area (Å²) in [6.45, 7) is 2.70. The van der Waals surface area contributed by atoms with Crippen molar-refractivity contribution in [1.29, 1.82) is 0 Å². The number of aromatic hydroxyl groups is 1. The number of benzene rings is 1. The van der Waals surface area contributed by atoms with Gasteiger partial charge in [-0.15, -0.1) is 0 Å². The van der Waals surface area contributed by atoms with E-state index in [1.165, 1.54) is 63.5 Å². The summed E-state index contributed by atoms with van der Waals surface area (Å²) in [5.74, 6) is -0.172. The van der Waals surface area contributed by atoms with Crippen molar-refractivity contribution in [2.45, 2.75) is 77.6 Å². The van der Waals surface area contributed by atoms with Crippen LogP contribution in [0.1, 0.15) is 87.9 Å². The van der Waals surface area contributed by atoms with Crippen molar-refractivity contribution in [2.24, 2.45) is 0 Å². The molecule has 1 aromatic carbocycles. The molecule has 0 saturated carbocycles. The molecule has 0 aliphatic carbocycles. The van der Waals surface area contributed by atoms with E-state index in [-0.39, 0.29) is 11.7 Å². The predicted molar refractivity (Wildman–Crippen MR) is 104 cm³/mol. The van der Waals surface area contributed by atoms with Crippen LogP contribution >= 0.6 is 0 Å². The van der Waals surface area contributed by atoms with Gasteiger partial charge in [0.2, 0.25) is 0 Å². The number of phenolic OH excluding ortho intramolecular Hbond substituents is 1. The molecular formula is C22H34O3. The third kappa shape index (κ3) is 11.4. The SMILES string of the molecule is CCCCCCCCC/C=C/CCCCOC(=O)c1ccc(O)cc1. The van der Waals surface area contributed by atoms with E-state index < -0.39 is 0 Å². The van der Waals surface area contributed by atoms with E-state index in [0.29, 0.717) is 12.2 Å². The average molecular weight is 347 g/mol. The molecule has 1 aromatic rings. The summed E-state index contributed by atoms with van der Waals surface area (Å²) in [7, 11) is 0. The summed E-state index contributed by atoms with van der Waals surface area (Å²) < 4.78 is 5.22. The van der Waals surface area contributed by atoms with Gasteiger partial charge in [0.15, 0.2) is 0 Å². The molecule has 0 radical (unpaired) electrons. The Kier molecular flexibility index (Phi) is 12.4. The van der Waals surface area contributed by atoms with Gasteiger partial charge in [-0.25, -0.2) is 4.79 Å². The van der Waals surface area contributed by atoms with Gasteiger partial charge >= 0.3 is 5.97 Å². The van der Waals surface area contributed by atoms with Crippen LogP contribution in [0.15, 0.2) is 36.4 Å². The monoisotopic (exact) mass is 346 g/mol. The highest BCUT2D eigenvalue weighted by atomic mass is 16.5. The van der Waals surface area contributed by atoms with Crippen molar-refractivity contribution in [2.75, 3.05) is 6.61 Å². The molecule has 0 saturated heterocycles. The molecule has 1 N–H and O–H groups in total. The second-order valence-electron chi connectivity index (χ2n) is 6.56. The van der Waals surface area contributed by atoms with Gasteiger partial charge < -0.3 is 9.84 Å². The van der Waals surface area contributed by atoms with Gasteiger partial charge in [0.25, 0.3) is 0 Å². The van der Waals surface area contributed by atoms with Crippen molar-refractivity contribution >= 4 is 5.97 Å². The highest BCUT2D eigenvalue weighted by Crippen LogP contribution is 2.11. The van der Waals surface area contributed by atoms with E-state index in [4.69, 9.17) is 4.74 Å². The molecule has 140 valence electrons. The molecule has 0 heterocycles. The Labute approximate surface area is 153 Å². The topological polar surface area (TPSA) is 46.5 Å². The third-order valence-electron chi connectivity index (χ3n) is 4.24. The van der Waals surface area contributed by atoms with E-state index in [0.717, 1.165) is 19.3 Å². The molecular weight excluding hydrogens is 312 g/mol. The summed E-state index contributed by atoms with van der Waals surface area (Å²) in [6.07, 6.45) is 18.2. The fourth-order valence-corrected chi connectivity index (χ4v) is 2.66. The molecule has 0 aliphatic rings. The Balaban J connectivity index is 1.91. The average Bonchev–Trinajstić information content (AvgIpc) is 2.62. The van der Waals surface area contributed by atoms with E-state index in [1.807, 2.05) is 0 Å². The normalized spacial score (nSPS) is 11.1. The molecule has 0 amide bonds. The van der Waals surface area contributed by atoms with Gasteiger partial charge in [0.1, 0.15) is 5.75 Å². The third-order valence-corrected chi connectivity index (χ3v) is 4.24. The first-order valence-corrected chi connectivity index (χ1v) is 9.85. The first-order chi connectivity index (χ1) is 12.2. The lowest BCUT2D eigenvalue weighted by atomic mass is 10.1. The van der Waals surface area contributed by atoms with Crippen LogP contribution in [0.4, 0.5) is 0 Å². The second-order valence-corrected chi connectivity index (χ2v) is 6.56. The number of carbonyl (C=O) groups is 1. The predicted octanol–water partition coefficient (Wildman–Crippen LogP) is 6.42. The smallest absolute Gasteiger partial charge is 0.338 e. The van der Waals surface area contributed by atoms with Gasteiger partial charge in [0, 0.05) is 0 Å². The van der Waals surface area contributed by atoms with Crippen molar-refractivity contribution in [3.05, 3.63) is 42.0 Å². The highest BCUT2D eigenvalue weighted by Gasteiger charge is 2.05. The van der Waals surface area contributed by atoms with Crippen LogP contribution in [-0.2, 0) is 4.74 Å². The van der Waals surface area contributed by atoms with Crippen molar-refractivity contribution in [1.82, 2.24) is 0 Å². The maximum Gasteiger partial charge on any atom is 0.338 e. The zero-order chi connectivity index (χ0) is 18.2. The summed E-state index contributed by atoms with van der Waals surface area (Å²) in [6, 6.07) is 6.13. The highest BCUT2D eigenvalue weighted by molar-refractivity contribution is 5.89. The molecule has 0 bridgehead atoms. The molecule has 0 spiro atoms. The number of rotatable bonds is 14. The summed E-state index contributed by atoms with van der Waals surface area (Å²) in [5, 5.41) is 9.19. The minimum atomic E-state index is -0.325. The van der Waals surface area contributed by atoms with E-state index in [1.54, 1.807) is 12.1 Å². The second kappa shape index (κ2) is 14.6. The number of esters is 1. The zero-order valence-corrected chi connectivity index (χ0v) is 15.7. The Morgan fingerprint density at radius 2 is 1.44 bits per heavy atom. The van der Waals surface area contributed by atoms with Gasteiger partial charge in [-0.05, 0) is 56.4 Å². The van der Waals surface area contributed by atoms with E-state index >= 15 is 0 Å². The quantitative estimate of drug-likeness (QED) is 0.240. The maximum atomic E-state index is 11.8. The lowest BCUT2D eigenvalue weighted by Gasteiger charge is -2.04. The van der Waals surface area contributed by atoms with Crippen LogP contribution < -0.4 is 0 Å². The van der Waals surface area contributed by atoms with Gasteiger partial charge in [-0.3, -0.25) is 0 Å². The Morgan fingerprint density at radius 1 is 0.880 bits per heavy atom. The summed E-state index contributed by atoms with van der Waals surface area (Å²) in [5.41, 5.74) is 0.479. The van der Waals surface area contributed by atoms with Crippen LogP contribution in [0.25, 0.3) is 0 Å². The molecule has 0 unspecified atom stereocenters. The Bertz CT molecular complexity index is 477. The first kappa shape index (κ1) is 21.3. The standard InChI is InChI=1S/C22H34O3/c1-2-3-4-5-6-7-8-9-10-11-12-13-14-19-25-22(24)20-15-17-21(23)18-16-20/h10-11,15-18,23H,2-9,12-14,19H2,1H3/b11-10+. The molecule has 0 aromatic heterocycles. The van der Waals surface area contributed by atoms with Gasteiger partial charge in [-0.2, -0.15) is 0 Å². The molecule has 0 fully saturated rings. The molecule has 0 atom stereocenters. The fraction of sp³-hybridized carbons (Fsp3) is 0.591. The van der Waals surface area contributed by atoms with E-state index in [2.05, 4.69) is 19.1 Å². The number of allylic oxidation sites excluding steroid dienone is 2. The lowest BCUT2D eigenvalue weighted by molar-refractivity contribution is 0.0498. The molecule has 3 nitrogen and oxygen atoms in total. The largest absolute Gasteiger partial charge is 0.508 e.